The smallest absolute Gasteiger partial charge is 0.227 e. The van der Waals surface area contributed by atoms with Gasteiger partial charge in [0.05, 0.1) is 16.2 Å². The van der Waals surface area contributed by atoms with E-state index in [-0.39, 0.29) is 0 Å². The topological polar surface area (TPSA) is 77.1 Å². The van der Waals surface area contributed by atoms with Crippen LogP contribution in [-0.4, -0.2) is 74.1 Å². The van der Waals surface area contributed by atoms with Gasteiger partial charge in [-0.05, 0) is 25.0 Å². The van der Waals surface area contributed by atoms with Gasteiger partial charge >= 0.3 is 0 Å². The van der Waals surface area contributed by atoms with E-state index in [9.17, 15) is 0 Å². The van der Waals surface area contributed by atoms with Crippen molar-refractivity contribution in [3.8, 4) is 11.5 Å². The lowest BCUT2D eigenvalue weighted by Crippen LogP contribution is -2.47. The molecule has 0 spiro atoms. The SMILES string of the molecule is CCOCCCn1c(-c2cn(C)nn2)nnc1N1CCN(Cc2cccc(Cl)c2Cl)CC1. The highest BCUT2D eigenvalue weighted by molar-refractivity contribution is 6.42. The molecule has 1 aliphatic rings. The summed E-state index contributed by atoms with van der Waals surface area (Å²) in [6.45, 7) is 8.44. The van der Waals surface area contributed by atoms with Crippen molar-refractivity contribution >= 4 is 29.2 Å². The van der Waals surface area contributed by atoms with Crippen molar-refractivity contribution in [2.75, 3.05) is 44.3 Å². The van der Waals surface area contributed by atoms with Crippen LogP contribution in [-0.2, 0) is 24.9 Å². The Kier molecular flexibility index (Phi) is 7.62. The number of aromatic nitrogens is 6. The summed E-state index contributed by atoms with van der Waals surface area (Å²) in [6, 6.07) is 5.79. The third kappa shape index (κ3) is 5.23. The van der Waals surface area contributed by atoms with E-state index in [1.165, 1.54) is 0 Å². The first-order chi connectivity index (χ1) is 15.6. The molecule has 9 nitrogen and oxygen atoms in total. The second kappa shape index (κ2) is 10.6. The molecule has 0 radical (unpaired) electrons. The lowest BCUT2D eigenvalue weighted by Gasteiger charge is -2.35. The normalized spacial score (nSPS) is 14.9. The van der Waals surface area contributed by atoms with Crippen LogP contribution in [0.3, 0.4) is 0 Å². The minimum atomic E-state index is 0.597. The average Bonchev–Trinajstić information content (AvgIpc) is 3.41. The second-order valence-corrected chi connectivity index (χ2v) is 8.56. The van der Waals surface area contributed by atoms with Crippen molar-refractivity contribution in [2.24, 2.45) is 7.05 Å². The number of aryl methyl sites for hydroxylation is 1. The van der Waals surface area contributed by atoms with Crippen LogP contribution in [0.15, 0.2) is 24.4 Å². The highest BCUT2D eigenvalue weighted by Gasteiger charge is 2.25. The van der Waals surface area contributed by atoms with Crippen LogP contribution in [0.2, 0.25) is 10.0 Å². The summed E-state index contributed by atoms with van der Waals surface area (Å²) in [4.78, 5) is 4.66. The minimum Gasteiger partial charge on any atom is -0.382 e. The van der Waals surface area contributed by atoms with E-state index in [4.69, 9.17) is 27.9 Å². The number of anilines is 1. The number of benzene rings is 1. The number of halogens is 2. The molecule has 11 heteroatoms. The Morgan fingerprint density at radius 1 is 1.06 bits per heavy atom. The van der Waals surface area contributed by atoms with Crippen molar-refractivity contribution in [3.63, 3.8) is 0 Å². The van der Waals surface area contributed by atoms with Crippen LogP contribution in [0.25, 0.3) is 11.5 Å². The molecule has 1 aromatic carbocycles. The van der Waals surface area contributed by atoms with Gasteiger partial charge in [0, 0.05) is 59.5 Å². The largest absolute Gasteiger partial charge is 0.382 e. The van der Waals surface area contributed by atoms with E-state index in [0.717, 1.165) is 68.7 Å². The molecule has 1 saturated heterocycles. The fourth-order valence-corrected chi connectivity index (χ4v) is 4.24. The number of piperazine rings is 1. The summed E-state index contributed by atoms with van der Waals surface area (Å²) in [5.41, 5.74) is 1.77. The summed E-state index contributed by atoms with van der Waals surface area (Å²) in [7, 11) is 1.85. The van der Waals surface area contributed by atoms with Crippen molar-refractivity contribution in [1.82, 2.24) is 34.7 Å². The van der Waals surface area contributed by atoms with Crippen LogP contribution < -0.4 is 4.90 Å². The van der Waals surface area contributed by atoms with Gasteiger partial charge in [0.15, 0.2) is 11.5 Å². The van der Waals surface area contributed by atoms with E-state index in [1.807, 2.05) is 38.4 Å². The molecule has 0 bridgehead atoms. The van der Waals surface area contributed by atoms with Gasteiger partial charge in [0.1, 0.15) is 0 Å². The van der Waals surface area contributed by atoms with Gasteiger partial charge < -0.3 is 9.64 Å². The average molecular weight is 479 g/mol. The Morgan fingerprint density at radius 2 is 1.88 bits per heavy atom. The van der Waals surface area contributed by atoms with Gasteiger partial charge in [-0.1, -0.05) is 40.5 Å². The molecule has 0 unspecified atom stereocenters. The maximum Gasteiger partial charge on any atom is 0.227 e. The lowest BCUT2D eigenvalue weighted by atomic mass is 10.2. The van der Waals surface area contributed by atoms with Crippen LogP contribution in [0, 0.1) is 0 Å². The van der Waals surface area contributed by atoms with Crippen LogP contribution >= 0.6 is 23.2 Å². The molecule has 32 heavy (non-hydrogen) atoms. The first-order valence-electron chi connectivity index (χ1n) is 10.8. The monoisotopic (exact) mass is 478 g/mol. The molecule has 1 aliphatic heterocycles. The molecule has 0 N–H and O–H groups in total. The van der Waals surface area contributed by atoms with Gasteiger partial charge in [0.2, 0.25) is 5.95 Å². The third-order valence-electron chi connectivity index (χ3n) is 5.52. The number of hydrogen-bond acceptors (Lipinski definition) is 7. The summed E-state index contributed by atoms with van der Waals surface area (Å²) >= 11 is 12.5. The fraction of sp³-hybridized carbons (Fsp3) is 0.524. The van der Waals surface area contributed by atoms with E-state index in [2.05, 4.69) is 34.9 Å². The minimum absolute atomic E-state index is 0.597. The van der Waals surface area contributed by atoms with E-state index < -0.39 is 0 Å². The summed E-state index contributed by atoms with van der Waals surface area (Å²) in [6.07, 6.45) is 2.73. The number of hydrogen-bond donors (Lipinski definition) is 0. The fourth-order valence-electron chi connectivity index (χ4n) is 3.86. The quantitative estimate of drug-likeness (QED) is 0.437. The number of rotatable bonds is 9. The summed E-state index contributed by atoms with van der Waals surface area (Å²) in [5.74, 6) is 1.60. The molecular formula is C21H28Cl2N8O. The zero-order chi connectivity index (χ0) is 22.5. The van der Waals surface area contributed by atoms with Gasteiger partial charge in [-0.3, -0.25) is 14.1 Å². The van der Waals surface area contributed by atoms with Crippen molar-refractivity contribution in [2.45, 2.75) is 26.4 Å². The second-order valence-electron chi connectivity index (χ2n) is 7.78. The Bertz CT molecular complexity index is 1030. The molecular weight excluding hydrogens is 451 g/mol. The molecule has 172 valence electrons. The maximum atomic E-state index is 6.38. The Balaban J connectivity index is 1.46. The zero-order valence-corrected chi connectivity index (χ0v) is 19.9. The van der Waals surface area contributed by atoms with Crippen LogP contribution in [0.4, 0.5) is 5.95 Å². The van der Waals surface area contributed by atoms with Gasteiger partial charge in [-0.2, -0.15) is 0 Å². The molecule has 3 heterocycles. The van der Waals surface area contributed by atoms with Crippen molar-refractivity contribution in [3.05, 3.63) is 40.0 Å². The van der Waals surface area contributed by atoms with Crippen LogP contribution in [0.5, 0.6) is 0 Å². The van der Waals surface area contributed by atoms with E-state index >= 15 is 0 Å². The molecule has 4 rings (SSSR count). The highest BCUT2D eigenvalue weighted by atomic mass is 35.5. The van der Waals surface area contributed by atoms with Gasteiger partial charge in [-0.25, -0.2) is 0 Å². The Morgan fingerprint density at radius 3 is 2.59 bits per heavy atom. The first-order valence-corrected chi connectivity index (χ1v) is 11.6. The van der Waals surface area contributed by atoms with Crippen molar-refractivity contribution in [1.29, 1.82) is 0 Å². The molecule has 1 fully saturated rings. The molecule has 0 amide bonds. The number of nitrogens with zero attached hydrogens (tertiary/aromatic N) is 8. The van der Waals surface area contributed by atoms with Crippen molar-refractivity contribution < 1.29 is 4.74 Å². The first kappa shape index (κ1) is 23.0. The molecule has 0 atom stereocenters. The van der Waals surface area contributed by atoms with Gasteiger partial charge in [0.25, 0.3) is 0 Å². The molecule has 0 saturated carbocycles. The predicted molar refractivity (Wildman–Crippen MR) is 125 cm³/mol. The Hall–Kier alpha value is -2.20. The van der Waals surface area contributed by atoms with E-state index in [1.54, 1.807) is 4.68 Å². The zero-order valence-electron chi connectivity index (χ0n) is 18.4. The van der Waals surface area contributed by atoms with E-state index in [0.29, 0.717) is 23.3 Å². The molecule has 2 aromatic heterocycles. The highest BCUT2D eigenvalue weighted by Crippen LogP contribution is 2.27. The number of ether oxygens (including phenoxy) is 1. The lowest BCUT2D eigenvalue weighted by molar-refractivity contribution is 0.141. The predicted octanol–water partition coefficient (Wildman–Crippen LogP) is 3.13. The third-order valence-corrected chi connectivity index (χ3v) is 6.38. The Labute approximate surface area is 197 Å². The molecule has 0 aliphatic carbocycles. The van der Waals surface area contributed by atoms with Gasteiger partial charge in [-0.15, -0.1) is 15.3 Å². The summed E-state index contributed by atoms with van der Waals surface area (Å²) in [5, 5.41) is 18.5. The summed E-state index contributed by atoms with van der Waals surface area (Å²) < 4.78 is 9.33. The molecule has 3 aromatic rings. The van der Waals surface area contributed by atoms with Crippen LogP contribution in [0.1, 0.15) is 18.9 Å². The maximum absolute atomic E-state index is 6.38. The standard InChI is InChI=1S/C21H28Cl2N8O/c1-3-32-13-5-8-31-20(18-15-28(2)27-24-18)25-26-21(31)30-11-9-29(10-12-30)14-16-6-4-7-17(22)19(16)23/h4,6-7,15H,3,5,8-14H2,1-2H3.